The van der Waals surface area contributed by atoms with E-state index in [2.05, 4.69) is 46.4 Å². The smallest absolute Gasteiger partial charge is 0.121 e. The Morgan fingerprint density at radius 3 is 2.67 bits per heavy atom. The summed E-state index contributed by atoms with van der Waals surface area (Å²) in [4.78, 5) is 0. The lowest BCUT2D eigenvalue weighted by molar-refractivity contribution is 0.470. The molecule has 3 heteroatoms. The summed E-state index contributed by atoms with van der Waals surface area (Å²) in [5.74, 6) is 0.326. The molecular formula is C18H16BrNO. The van der Waals surface area contributed by atoms with Crippen molar-refractivity contribution in [2.24, 2.45) is 0 Å². The van der Waals surface area contributed by atoms with E-state index in [9.17, 15) is 5.11 Å². The topological polar surface area (TPSA) is 32.3 Å². The van der Waals surface area contributed by atoms with Crippen molar-refractivity contribution < 1.29 is 5.11 Å². The van der Waals surface area contributed by atoms with Gasteiger partial charge in [0.15, 0.2) is 0 Å². The van der Waals surface area contributed by atoms with Crippen molar-refractivity contribution >= 4 is 32.4 Å². The highest BCUT2D eigenvalue weighted by Gasteiger charge is 2.07. The predicted molar refractivity (Wildman–Crippen MR) is 91.8 cm³/mol. The molecule has 0 bridgehead atoms. The zero-order chi connectivity index (χ0) is 14.8. The number of fused-ring (bicyclic) bond motifs is 1. The van der Waals surface area contributed by atoms with Gasteiger partial charge in [-0.1, -0.05) is 52.3 Å². The summed E-state index contributed by atoms with van der Waals surface area (Å²) < 4.78 is 1.08. The molecular weight excluding hydrogens is 326 g/mol. The molecule has 0 aliphatic carbocycles. The van der Waals surface area contributed by atoms with Crippen LogP contribution in [0.1, 0.15) is 11.1 Å². The molecule has 0 saturated carbocycles. The van der Waals surface area contributed by atoms with E-state index in [0.717, 1.165) is 26.5 Å². The number of anilines is 1. The van der Waals surface area contributed by atoms with Crippen LogP contribution in [0.2, 0.25) is 0 Å². The van der Waals surface area contributed by atoms with Crippen LogP contribution in [0.4, 0.5) is 5.69 Å². The SMILES string of the molecule is Cc1ccc(NCc2c(O)ccc3ccccc23)cc1Br. The summed E-state index contributed by atoms with van der Waals surface area (Å²) in [5, 5.41) is 15.7. The van der Waals surface area contributed by atoms with E-state index in [1.54, 1.807) is 6.07 Å². The molecule has 0 aliphatic rings. The molecule has 3 aromatic carbocycles. The second kappa shape index (κ2) is 5.78. The van der Waals surface area contributed by atoms with Crippen molar-refractivity contribution in [1.29, 1.82) is 0 Å². The second-order valence-corrected chi connectivity index (χ2v) is 5.96. The molecule has 0 amide bonds. The third-order valence-electron chi connectivity index (χ3n) is 3.66. The molecule has 0 atom stereocenters. The Morgan fingerprint density at radius 1 is 1.05 bits per heavy atom. The van der Waals surface area contributed by atoms with Gasteiger partial charge in [-0.3, -0.25) is 0 Å². The first kappa shape index (κ1) is 14.0. The van der Waals surface area contributed by atoms with Gasteiger partial charge < -0.3 is 10.4 Å². The van der Waals surface area contributed by atoms with Gasteiger partial charge in [0.25, 0.3) is 0 Å². The Labute approximate surface area is 132 Å². The Kier molecular flexibility index (Phi) is 3.84. The lowest BCUT2D eigenvalue weighted by Crippen LogP contribution is -2.00. The van der Waals surface area contributed by atoms with Crippen molar-refractivity contribution in [3.63, 3.8) is 0 Å². The normalized spacial score (nSPS) is 10.8. The maximum atomic E-state index is 10.1. The number of aryl methyl sites for hydroxylation is 1. The summed E-state index contributed by atoms with van der Waals surface area (Å²) in [6.45, 7) is 2.65. The van der Waals surface area contributed by atoms with Crippen molar-refractivity contribution in [2.45, 2.75) is 13.5 Å². The molecule has 0 heterocycles. The van der Waals surface area contributed by atoms with Gasteiger partial charge in [-0.15, -0.1) is 0 Å². The number of hydrogen-bond donors (Lipinski definition) is 2. The maximum absolute atomic E-state index is 10.1. The zero-order valence-corrected chi connectivity index (χ0v) is 13.3. The lowest BCUT2D eigenvalue weighted by Gasteiger charge is -2.12. The van der Waals surface area contributed by atoms with E-state index in [0.29, 0.717) is 12.3 Å². The van der Waals surface area contributed by atoms with Gasteiger partial charge in [-0.2, -0.15) is 0 Å². The Hall–Kier alpha value is -2.00. The molecule has 0 fully saturated rings. The highest BCUT2D eigenvalue weighted by Crippen LogP contribution is 2.28. The minimum Gasteiger partial charge on any atom is -0.508 e. The number of phenolic OH excluding ortho intramolecular Hbond substituents is 1. The lowest BCUT2D eigenvalue weighted by atomic mass is 10.0. The summed E-state index contributed by atoms with van der Waals surface area (Å²) in [5.41, 5.74) is 3.15. The van der Waals surface area contributed by atoms with Crippen LogP contribution in [0.3, 0.4) is 0 Å². The number of hydrogen-bond acceptors (Lipinski definition) is 2. The highest BCUT2D eigenvalue weighted by molar-refractivity contribution is 9.10. The van der Waals surface area contributed by atoms with Gasteiger partial charge >= 0.3 is 0 Å². The Morgan fingerprint density at radius 2 is 1.86 bits per heavy atom. The average Bonchev–Trinajstić information content (AvgIpc) is 2.50. The monoisotopic (exact) mass is 341 g/mol. The summed E-state index contributed by atoms with van der Waals surface area (Å²) >= 11 is 3.54. The number of rotatable bonds is 3. The van der Waals surface area contributed by atoms with Crippen LogP contribution in [0.5, 0.6) is 5.75 Å². The molecule has 0 saturated heterocycles. The summed E-state index contributed by atoms with van der Waals surface area (Å²) in [6, 6.07) is 18.0. The van der Waals surface area contributed by atoms with Gasteiger partial charge in [-0.25, -0.2) is 0 Å². The fourth-order valence-corrected chi connectivity index (χ4v) is 2.78. The first-order valence-electron chi connectivity index (χ1n) is 6.85. The molecule has 0 unspecified atom stereocenters. The standard InChI is InChI=1S/C18H16BrNO/c1-12-6-8-14(10-17(12)19)20-11-16-15-5-3-2-4-13(15)7-9-18(16)21/h2-10,20-21H,11H2,1H3. The second-order valence-electron chi connectivity index (χ2n) is 5.10. The van der Waals surface area contributed by atoms with E-state index in [1.165, 1.54) is 5.56 Å². The quantitative estimate of drug-likeness (QED) is 0.683. The van der Waals surface area contributed by atoms with Crippen LogP contribution >= 0.6 is 15.9 Å². The molecule has 2 nitrogen and oxygen atoms in total. The number of phenols is 1. The van der Waals surface area contributed by atoms with Crippen LogP contribution < -0.4 is 5.32 Å². The average molecular weight is 342 g/mol. The van der Waals surface area contributed by atoms with E-state index in [-0.39, 0.29) is 0 Å². The van der Waals surface area contributed by atoms with E-state index < -0.39 is 0 Å². The van der Waals surface area contributed by atoms with E-state index in [4.69, 9.17) is 0 Å². The molecule has 2 N–H and O–H groups in total. The van der Waals surface area contributed by atoms with Crippen molar-refractivity contribution in [3.05, 3.63) is 70.2 Å². The Bertz CT molecular complexity index is 798. The largest absolute Gasteiger partial charge is 0.508 e. The molecule has 0 spiro atoms. The van der Waals surface area contributed by atoms with Crippen molar-refractivity contribution in [2.75, 3.05) is 5.32 Å². The van der Waals surface area contributed by atoms with Crippen molar-refractivity contribution in [3.8, 4) is 5.75 Å². The molecule has 3 rings (SSSR count). The summed E-state index contributed by atoms with van der Waals surface area (Å²) in [6.07, 6.45) is 0. The molecule has 0 aliphatic heterocycles. The van der Waals surface area contributed by atoms with Gasteiger partial charge in [0.05, 0.1) is 0 Å². The predicted octanol–water partition coefficient (Wildman–Crippen LogP) is 5.23. The first-order chi connectivity index (χ1) is 10.1. The number of halogens is 1. The Balaban J connectivity index is 1.91. The third kappa shape index (κ3) is 2.88. The van der Waals surface area contributed by atoms with Gasteiger partial charge in [0, 0.05) is 22.3 Å². The maximum Gasteiger partial charge on any atom is 0.121 e. The molecule has 0 radical (unpaired) electrons. The molecule has 106 valence electrons. The van der Waals surface area contributed by atoms with Gasteiger partial charge in [0.1, 0.15) is 5.75 Å². The van der Waals surface area contributed by atoms with Crippen LogP contribution in [0.25, 0.3) is 10.8 Å². The fraction of sp³-hybridized carbons (Fsp3) is 0.111. The van der Waals surface area contributed by atoms with Crippen LogP contribution in [0, 0.1) is 6.92 Å². The highest BCUT2D eigenvalue weighted by atomic mass is 79.9. The molecule has 21 heavy (non-hydrogen) atoms. The minimum absolute atomic E-state index is 0.326. The van der Waals surface area contributed by atoms with Gasteiger partial charge in [0.2, 0.25) is 0 Å². The minimum atomic E-state index is 0.326. The van der Waals surface area contributed by atoms with Crippen LogP contribution in [-0.2, 0) is 6.54 Å². The van der Waals surface area contributed by atoms with Gasteiger partial charge in [-0.05, 0) is 41.5 Å². The number of aromatic hydroxyl groups is 1. The summed E-state index contributed by atoms with van der Waals surface area (Å²) in [7, 11) is 0. The first-order valence-corrected chi connectivity index (χ1v) is 7.64. The van der Waals surface area contributed by atoms with Crippen molar-refractivity contribution in [1.82, 2.24) is 0 Å². The zero-order valence-electron chi connectivity index (χ0n) is 11.7. The molecule has 3 aromatic rings. The van der Waals surface area contributed by atoms with E-state index in [1.807, 2.05) is 30.3 Å². The third-order valence-corrected chi connectivity index (χ3v) is 4.51. The fourth-order valence-electron chi connectivity index (χ4n) is 2.40. The number of benzene rings is 3. The van der Waals surface area contributed by atoms with Crippen LogP contribution in [-0.4, -0.2) is 5.11 Å². The number of nitrogens with one attached hydrogen (secondary N) is 1. The van der Waals surface area contributed by atoms with Crippen LogP contribution in [0.15, 0.2) is 59.1 Å². The van der Waals surface area contributed by atoms with E-state index >= 15 is 0 Å². The molecule has 0 aromatic heterocycles.